The van der Waals surface area contributed by atoms with E-state index in [-0.39, 0.29) is 39.6 Å². The van der Waals surface area contributed by atoms with Gasteiger partial charge in [0.25, 0.3) is 5.91 Å². The van der Waals surface area contributed by atoms with Crippen molar-refractivity contribution in [2.45, 2.75) is 65.9 Å². The van der Waals surface area contributed by atoms with E-state index in [1.807, 2.05) is 212 Å². The summed E-state index contributed by atoms with van der Waals surface area (Å²) in [6.07, 6.45) is 0.255. The summed E-state index contributed by atoms with van der Waals surface area (Å²) in [6, 6.07) is 78.6. The average Bonchev–Trinajstić information content (AvgIpc) is 1.79. The van der Waals surface area contributed by atoms with Gasteiger partial charge in [0.15, 0.2) is 16.9 Å². The van der Waals surface area contributed by atoms with Crippen LogP contribution in [0.4, 0.5) is 9.93 Å². The molecule has 1 fully saturated rings. The number of benzene rings is 8. The first-order valence-electron chi connectivity index (χ1n) is 29.4. The second-order valence-electron chi connectivity index (χ2n) is 22.3. The lowest BCUT2D eigenvalue weighted by atomic mass is 9.66. The normalized spacial score (nSPS) is 15.5. The van der Waals surface area contributed by atoms with Gasteiger partial charge in [-0.1, -0.05) is 253 Å². The highest BCUT2D eigenvalue weighted by Gasteiger charge is 2.52. The van der Waals surface area contributed by atoms with E-state index in [0.29, 0.717) is 38.4 Å². The van der Waals surface area contributed by atoms with Gasteiger partial charge in [0, 0.05) is 38.3 Å². The number of oxime groups is 1. The molecule has 8 aromatic carbocycles. The SMILES string of the molecule is CC(C)(C)OC(=O)Nc1nc(/C(=N/OC(c2ccccc2)(c2ccccc2)c2ccccc2)C(=O)NC2S[C@H]3CC(=O)N3C(C(=O)OC(c3ccccc3)c3ccccc3)=C2SCSC(c2c[nH]nn2)C(c2ccccc2)(c2ccccc2)c2ccccc2)cs1. The molecule has 2 unspecified atom stereocenters. The van der Waals surface area contributed by atoms with Crippen LogP contribution in [0.1, 0.15) is 94.4 Å². The molecule has 2 aromatic heterocycles. The lowest BCUT2D eigenvalue weighted by Gasteiger charge is -2.47. The third-order valence-corrected chi connectivity index (χ3v) is 20.3. The van der Waals surface area contributed by atoms with Crippen molar-refractivity contribution >= 4 is 81.3 Å². The summed E-state index contributed by atoms with van der Waals surface area (Å²) in [5, 5.41) is 22.7. The lowest BCUT2D eigenvalue weighted by molar-refractivity contribution is -0.151. The third kappa shape index (κ3) is 13.2. The van der Waals surface area contributed by atoms with Crippen LogP contribution in [0.25, 0.3) is 0 Å². The summed E-state index contributed by atoms with van der Waals surface area (Å²) in [6.45, 7) is 5.26. The van der Waals surface area contributed by atoms with Crippen molar-refractivity contribution in [3.05, 3.63) is 321 Å². The number of hydrogen-bond acceptors (Lipinski definition) is 15. The molecule has 0 radical (unpaired) electrons. The monoisotopic (exact) mass is 1280 g/mol. The summed E-state index contributed by atoms with van der Waals surface area (Å²) in [5.74, 6) is -1.79. The van der Waals surface area contributed by atoms with Gasteiger partial charge >= 0.3 is 12.1 Å². The minimum absolute atomic E-state index is 0.00492. The van der Waals surface area contributed by atoms with Crippen LogP contribution in [0.5, 0.6) is 0 Å². The quantitative estimate of drug-likeness (QED) is 0.0145. The molecular formula is C72H62N8O7S4. The van der Waals surface area contributed by atoms with E-state index in [9.17, 15) is 9.59 Å². The van der Waals surface area contributed by atoms with E-state index in [0.717, 1.165) is 28.0 Å². The van der Waals surface area contributed by atoms with Gasteiger partial charge in [-0.25, -0.2) is 14.6 Å². The Morgan fingerprint density at radius 3 is 1.59 bits per heavy atom. The minimum atomic E-state index is -1.44. The van der Waals surface area contributed by atoms with Crippen molar-refractivity contribution in [1.29, 1.82) is 0 Å². The number of rotatable bonds is 22. The Bertz CT molecular complexity index is 3940. The average molecular weight is 1280 g/mol. The number of esters is 1. The van der Waals surface area contributed by atoms with Crippen molar-refractivity contribution in [2.24, 2.45) is 5.16 Å². The third-order valence-electron chi connectivity index (χ3n) is 15.4. The van der Waals surface area contributed by atoms with Gasteiger partial charge < -0.3 is 19.6 Å². The molecule has 0 aliphatic carbocycles. The first-order valence-corrected chi connectivity index (χ1v) is 33.3. The fraction of sp³-hybridized carbons (Fsp3) is 0.167. The van der Waals surface area contributed by atoms with E-state index in [1.165, 1.54) is 28.4 Å². The predicted octanol–water partition coefficient (Wildman–Crippen LogP) is 14.8. The summed E-state index contributed by atoms with van der Waals surface area (Å²) in [4.78, 5) is 72.9. The number of nitrogens with one attached hydrogen (secondary N) is 3. The number of nitrogens with zero attached hydrogens (tertiary/aromatic N) is 5. The van der Waals surface area contributed by atoms with Crippen molar-refractivity contribution in [2.75, 3.05) is 10.4 Å². The Labute approximate surface area is 544 Å². The topological polar surface area (TPSA) is 190 Å². The van der Waals surface area contributed by atoms with E-state index in [2.05, 4.69) is 57.3 Å². The molecule has 0 bridgehead atoms. The number of fused-ring (bicyclic) bond motifs is 1. The number of thioether (sulfide) groups is 3. The molecule has 3 N–H and O–H groups in total. The first-order chi connectivity index (χ1) is 44.4. The maximum Gasteiger partial charge on any atom is 0.413 e. The highest BCUT2D eigenvalue weighted by Crippen LogP contribution is 2.56. The largest absolute Gasteiger partial charge is 0.448 e. The number of carbonyl (C=O) groups excluding carboxylic acids is 4. The lowest BCUT2D eigenvalue weighted by Crippen LogP contribution is -2.57. The maximum absolute atomic E-state index is 16.0. The highest BCUT2D eigenvalue weighted by atomic mass is 32.2. The Morgan fingerprint density at radius 1 is 0.670 bits per heavy atom. The molecule has 15 nitrogen and oxygen atoms in total. The molecule has 2 aliphatic heterocycles. The minimum Gasteiger partial charge on any atom is -0.448 e. The van der Waals surface area contributed by atoms with Gasteiger partial charge in [-0.2, -0.15) is 0 Å². The zero-order valence-corrected chi connectivity index (χ0v) is 53.0. The first kappa shape index (κ1) is 61.7. The Kier molecular flexibility index (Phi) is 18.8. The van der Waals surface area contributed by atoms with Gasteiger partial charge in [0.1, 0.15) is 22.4 Å². The van der Waals surface area contributed by atoms with Gasteiger partial charge in [-0.3, -0.25) is 24.9 Å². The fourth-order valence-corrected chi connectivity index (χ4v) is 16.6. The molecule has 3 amide bonds. The molecule has 91 heavy (non-hydrogen) atoms. The van der Waals surface area contributed by atoms with Crippen LogP contribution in [0.3, 0.4) is 0 Å². The smallest absolute Gasteiger partial charge is 0.413 e. The van der Waals surface area contributed by atoms with E-state index in [4.69, 9.17) is 29.5 Å². The molecule has 4 heterocycles. The van der Waals surface area contributed by atoms with Crippen molar-refractivity contribution < 1.29 is 33.5 Å². The number of hydrogen-bond donors (Lipinski definition) is 3. The molecule has 0 saturated carbocycles. The van der Waals surface area contributed by atoms with Crippen LogP contribution in [0.2, 0.25) is 0 Å². The number of amides is 3. The number of anilines is 1. The second-order valence-corrected chi connectivity index (χ2v) is 26.9. The Hall–Kier alpha value is -9.53. The highest BCUT2D eigenvalue weighted by molar-refractivity contribution is 8.18. The van der Waals surface area contributed by atoms with Gasteiger partial charge in [0.2, 0.25) is 11.5 Å². The van der Waals surface area contributed by atoms with Crippen molar-refractivity contribution in [3.8, 4) is 0 Å². The number of thiazole rings is 1. The number of aromatic amines is 1. The van der Waals surface area contributed by atoms with E-state index >= 15 is 9.59 Å². The van der Waals surface area contributed by atoms with Crippen LogP contribution in [-0.2, 0) is 39.7 Å². The van der Waals surface area contributed by atoms with E-state index < -0.39 is 56.7 Å². The van der Waals surface area contributed by atoms with Crippen LogP contribution >= 0.6 is 46.6 Å². The molecule has 0 spiro atoms. The summed E-state index contributed by atoms with van der Waals surface area (Å²) >= 11 is 5.27. The zero-order chi connectivity index (χ0) is 62.8. The van der Waals surface area contributed by atoms with E-state index in [1.54, 1.807) is 37.9 Å². The van der Waals surface area contributed by atoms with Gasteiger partial charge in [0.05, 0.1) is 28.2 Å². The number of aromatic nitrogens is 4. The summed E-state index contributed by atoms with van der Waals surface area (Å²) < 4.78 is 12.3. The molecule has 10 aromatic rings. The standard InChI is InChI=1S/C72H62N8O7S4/c1-70(2,3)86-69(84)76-68-74-57(46-88-68)60(78-87-72(53-38-22-9-23-39-53,54-40-24-10-25-41-54)55-42-26-11-27-43-55)65(82)75-66-63(61(80-58(81)44-59(80)91-66)67(83)85-62(48-28-12-4-13-29-48)49-30-14-5-15-31-49)89-47-90-64(56-45-73-79-77-56)71(50-32-16-6-17-33-50,51-34-18-7-19-35-51)52-36-20-8-21-37-52/h4-43,45-46,59,62,64,66H,44,47H2,1-3H3,(H,75,82)(H,73,77,79)(H,74,76,84)/b78-60-/t59-,64?,66?/m0/s1. The van der Waals surface area contributed by atoms with Crippen LogP contribution < -0.4 is 10.6 Å². The van der Waals surface area contributed by atoms with Gasteiger partial charge in [-0.05, 0) is 48.6 Å². The van der Waals surface area contributed by atoms with Crippen LogP contribution in [-0.4, -0.2) is 76.3 Å². The maximum atomic E-state index is 16.0. The summed E-state index contributed by atoms with van der Waals surface area (Å²) in [7, 11) is 0. The molecule has 3 atom stereocenters. The predicted molar refractivity (Wildman–Crippen MR) is 360 cm³/mol. The number of H-pyrrole nitrogens is 1. The zero-order valence-electron chi connectivity index (χ0n) is 49.7. The summed E-state index contributed by atoms with van der Waals surface area (Å²) in [5.41, 5.74) is 3.88. The van der Waals surface area contributed by atoms with Crippen molar-refractivity contribution in [1.82, 2.24) is 30.6 Å². The number of carbonyl (C=O) groups is 4. The van der Waals surface area contributed by atoms with Crippen LogP contribution in [0, 0.1) is 0 Å². The fourth-order valence-electron chi connectivity index (χ4n) is 11.4. The molecular weight excluding hydrogens is 1220 g/mol. The molecule has 2 aliphatic rings. The molecule has 1 saturated heterocycles. The number of ether oxygens (including phenoxy) is 2. The van der Waals surface area contributed by atoms with Gasteiger partial charge in [-0.15, -0.1) is 51.7 Å². The Balaban J connectivity index is 0.996. The number of β-lactam (4-membered cyclic amide) rings is 1. The van der Waals surface area contributed by atoms with Crippen molar-refractivity contribution in [3.63, 3.8) is 0 Å². The van der Waals surface area contributed by atoms with Crippen LogP contribution in [0.15, 0.2) is 270 Å². The molecule has 12 rings (SSSR count). The molecule has 456 valence electrons. The molecule has 19 heteroatoms. The second kappa shape index (κ2) is 27.7. The Morgan fingerprint density at radius 2 is 1.14 bits per heavy atom.